The van der Waals surface area contributed by atoms with Gasteiger partial charge >= 0.3 is 12.1 Å². The molecule has 4 rings (SSSR count). The molecule has 10 nitrogen and oxygen atoms in total. The number of ketones is 2. The van der Waals surface area contributed by atoms with Gasteiger partial charge in [-0.05, 0) is 69.9 Å². The van der Waals surface area contributed by atoms with Gasteiger partial charge in [-0.25, -0.2) is 14.6 Å². The lowest BCUT2D eigenvalue weighted by molar-refractivity contribution is -0.148. The van der Waals surface area contributed by atoms with Crippen molar-refractivity contribution in [1.82, 2.24) is 9.88 Å². The van der Waals surface area contributed by atoms with Crippen molar-refractivity contribution in [2.24, 2.45) is 0 Å². The van der Waals surface area contributed by atoms with Gasteiger partial charge < -0.3 is 14.2 Å². The van der Waals surface area contributed by atoms with Gasteiger partial charge in [-0.3, -0.25) is 19.3 Å². The van der Waals surface area contributed by atoms with E-state index in [0.29, 0.717) is 23.9 Å². The second-order valence-corrected chi connectivity index (χ2v) is 10.9. The third-order valence-electron chi connectivity index (χ3n) is 6.69. The van der Waals surface area contributed by atoms with Crippen molar-refractivity contribution in [2.75, 3.05) is 13.2 Å². The number of ether oxygens (including phenoxy) is 3. The van der Waals surface area contributed by atoms with E-state index in [-0.39, 0.29) is 30.6 Å². The summed E-state index contributed by atoms with van der Waals surface area (Å²) in [6.07, 6.45) is 0.499. The molecule has 1 fully saturated rings. The molecule has 2 heterocycles. The summed E-state index contributed by atoms with van der Waals surface area (Å²) in [7, 11) is 0. The van der Waals surface area contributed by atoms with Crippen LogP contribution in [0.1, 0.15) is 61.4 Å². The van der Waals surface area contributed by atoms with Crippen LogP contribution >= 0.6 is 0 Å². The Hall–Kier alpha value is -4.60. The highest BCUT2D eigenvalue weighted by molar-refractivity contribution is 5.99. The smallest absolute Gasteiger partial charge is 0.411 e. The topological polar surface area (TPSA) is 129 Å². The highest BCUT2D eigenvalue weighted by Gasteiger charge is 2.42. The quantitative estimate of drug-likeness (QED) is 0.157. The summed E-state index contributed by atoms with van der Waals surface area (Å²) in [6.45, 7) is 6.54. The molecule has 0 bridgehead atoms. The summed E-state index contributed by atoms with van der Waals surface area (Å²) in [5.41, 5.74) is 2.24. The van der Waals surface area contributed by atoms with Crippen molar-refractivity contribution in [3.63, 3.8) is 0 Å². The van der Waals surface area contributed by atoms with E-state index in [2.05, 4.69) is 9.72 Å². The van der Waals surface area contributed by atoms with Gasteiger partial charge in [0.2, 0.25) is 5.78 Å². The van der Waals surface area contributed by atoms with E-state index in [1.54, 1.807) is 63.2 Å². The maximum atomic E-state index is 12.8. The lowest BCUT2D eigenvalue weighted by Crippen LogP contribution is -2.47. The van der Waals surface area contributed by atoms with Crippen LogP contribution in [0, 0.1) is 0 Å². The molecule has 1 aliphatic rings. The van der Waals surface area contributed by atoms with Crippen LogP contribution in [-0.2, 0) is 23.8 Å². The Balaban J connectivity index is 1.38. The molecule has 2 aromatic carbocycles. The second-order valence-electron chi connectivity index (χ2n) is 10.9. The van der Waals surface area contributed by atoms with Crippen molar-refractivity contribution < 1.29 is 38.2 Å². The van der Waals surface area contributed by atoms with Crippen LogP contribution in [0.15, 0.2) is 54.6 Å². The second kappa shape index (κ2) is 12.3. The first kappa shape index (κ1) is 29.4. The number of nitrogens with zero attached hydrogens (tertiary/aromatic N) is 2. The van der Waals surface area contributed by atoms with Gasteiger partial charge in [0.1, 0.15) is 17.3 Å². The fraction of sp³-hybridized carbons (Fsp3) is 0.355. The molecule has 1 amide bonds. The Labute approximate surface area is 237 Å². The Kier molecular flexibility index (Phi) is 8.80. The molecule has 10 heteroatoms. The number of amides is 1. The van der Waals surface area contributed by atoms with Crippen LogP contribution in [0.25, 0.3) is 22.0 Å². The number of aromatic nitrogens is 1. The predicted octanol–water partition coefficient (Wildman–Crippen LogP) is 4.77. The van der Waals surface area contributed by atoms with E-state index in [4.69, 9.17) is 9.47 Å². The zero-order valence-corrected chi connectivity index (χ0v) is 23.4. The van der Waals surface area contributed by atoms with Gasteiger partial charge in [-0.2, -0.15) is 0 Å². The van der Waals surface area contributed by atoms with Crippen molar-refractivity contribution in [3.05, 3.63) is 65.9 Å². The summed E-state index contributed by atoms with van der Waals surface area (Å²) in [5, 5.41) is 0.809. The zero-order chi connectivity index (χ0) is 29.7. The number of rotatable bonds is 9. The first-order valence-corrected chi connectivity index (χ1v) is 13.3. The highest BCUT2D eigenvalue weighted by atomic mass is 16.6. The SMILES string of the molecule is C[C@H]1CC[C@@H](C(=O)OCC(=O)c2ccc(-c3ccc4nc(C(=O)COC=O)ccc4c3)cc2)N1C(=O)OC(C)(C)C. The average molecular weight is 561 g/mol. The Morgan fingerprint density at radius 2 is 1.63 bits per heavy atom. The lowest BCUT2D eigenvalue weighted by Gasteiger charge is -2.30. The number of fused-ring (bicyclic) bond motifs is 1. The van der Waals surface area contributed by atoms with Crippen molar-refractivity contribution in [1.29, 1.82) is 0 Å². The molecule has 2 atom stereocenters. The maximum absolute atomic E-state index is 12.8. The number of pyridine rings is 1. The van der Waals surface area contributed by atoms with Crippen LogP contribution in [-0.4, -0.2) is 70.9 Å². The van der Waals surface area contributed by atoms with Crippen LogP contribution < -0.4 is 0 Å². The third-order valence-corrected chi connectivity index (χ3v) is 6.69. The molecule has 1 saturated heterocycles. The number of esters is 1. The molecule has 1 aliphatic heterocycles. The Bertz CT molecular complexity index is 1480. The van der Waals surface area contributed by atoms with Crippen molar-refractivity contribution >= 4 is 41.0 Å². The fourth-order valence-corrected chi connectivity index (χ4v) is 4.65. The van der Waals surface area contributed by atoms with Crippen molar-refractivity contribution in [2.45, 2.75) is 58.2 Å². The van der Waals surface area contributed by atoms with E-state index >= 15 is 0 Å². The summed E-state index contributed by atoms with van der Waals surface area (Å²) in [5.74, 6) is -1.39. The highest BCUT2D eigenvalue weighted by Crippen LogP contribution is 2.28. The Morgan fingerprint density at radius 3 is 2.32 bits per heavy atom. The number of likely N-dealkylation sites (tertiary alicyclic amines) is 1. The number of benzene rings is 2. The number of carbonyl (C=O) groups excluding carboxylic acids is 5. The minimum Gasteiger partial charge on any atom is -0.459 e. The third kappa shape index (κ3) is 7.13. The molecule has 0 N–H and O–H groups in total. The van der Waals surface area contributed by atoms with E-state index < -0.39 is 36.1 Å². The number of Topliss-reactive ketones (excluding diaryl/α,β-unsaturated/α-hetero) is 2. The van der Waals surface area contributed by atoms with Gasteiger partial charge in [0.05, 0.1) is 5.52 Å². The summed E-state index contributed by atoms with van der Waals surface area (Å²) < 4.78 is 15.3. The molecule has 0 spiro atoms. The first-order chi connectivity index (χ1) is 19.5. The molecule has 0 unspecified atom stereocenters. The summed E-state index contributed by atoms with van der Waals surface area (Å²) in [6, 6.07) is 14.8. The van der Waals surface area contributed by atoms with Gasteiger partial charge in [0.25, 0.3) is 6.47 Å². The summed E-state index contributed by atoms with van der Waals surface area (Å²) >= 11 is 0. The molecule has 0 aliphatic carbocycles. The minimum atomic E-state index is -0.795. The lowest BCUT2D eigenvalue weighted by atomic mass is 10.0. The maximum Gasteiger partial charge on any atom is 0.411 e. The number of hydrogen-bond donors (Lipinski definition) is 0. The van der Waals surface area contributed by atoms with Crippen LogP contribution in [0.5, 0.6) is 0 Å². The van der Waals surface area contributed by atoms with Crippen LogP contribution in [0.3, 0.4) is 0 Å². The fourth-order valence-electron chi connectivity index (χ4n) is 4.65. The van der Waals surface area contributed by atoms with E-state index in [9.17, 15) is 24.0 Å². The molecule has 1 aromatic heterocycles. The van der Waals surface area contributed by atoms with E-state index in [1.807, 2.05) is 19.1 Å². The molecule has 41 heavy (non-hydrogen) atoms. The van der Waals surface area contributed by atoms with Gasteiger partial charge in [-0.15, -0.1) is 0 Å². The molecule has 0 radical (unpaired) electrons. The normalized spacial score (nSPS) is 16.7. The first-order valence-electron chi connectivity index (χ1n) is 13.3. The largest absolute Gasteiger partial charge is 0.459 e. The predicted molar refractivity (Wildman–Crippen MR) is 149 cm³/mol. The number of carbonyl (C=O) groups is 5. The summed E-state index contributed by atoms with van der Waals surface area (Å²) in [4.78, 5) is 66.3. The molecule has 3 aromatic rings. The zero-order valence-electron chi connectivity index (χ0n) is 23.4. The van der Waals surface area contributed by atoms with Crippen LogP contribution in [0.4, 0.5) is 4.79 Å². The van der Waals surface area contributed by atoms with E-state index in [0.717, 1.165) is 16.5 Å². The number of hydrogen-bond acceptors (Lipinski definition) is 9. The average Bonchev–Trinajstić information content (AvgIpc) is 3.34. The van der Waals surface area contributed by atoms with E-state index in [1.165, 1.54) is 4.90 Å². The Morgan fingerprint density at radius 1 is 0.927 bits per heavy atom. The van der Waals surface area contributed by atoms with Crippen molar-refractivity contribution in [3.8, 4) is 11.1 Å². The van der Waals surface area contributed by atoms with Gasteiger partial charge in [0.15, 0.2) is 19.0 Å². The molecule has 0 saturated carbocycles. The minimum absolute atomic E-state index is 0.177. The van der Waals surface area contributed by atoms with Gasteiger partial charge in [-0.1, -0.05) is 36.4 Å². The standard InChI is InChI=1S/C31H32N2O8/c1-19-5-14-26(33(19)30(38)41-31(2,3)4)29(37)40-17-27(35)21-8-6-20(7-9-21)22-10-12-24-23(15-22)11-13-25(32-24)28(36)16-39-18-34/h6-13,15,18-19,26H,5,14,16-17H2,1-4H3/t19-,26-/m0/s1. The van der Waals surface area contributed by atoms with Gasteiger partial charge in [0, 0.05) is 17.0 Å². The molecule has 214 valence electrons. The van der Waals surface area contributed by atoms with Crippen LogP contribution in [0.2, 0.25) is 0 Å². The molecular weight excluding hydrogens is 528 g/mol. The molecular formula is C31H32N2O8. The monoisotopic (exact) mass is 560 g/mol.